The van der Waals surface area contributed by atoms with Gasteiger partial charge in [0.2, 0.25) is 13.6 Å². The van der Waals surface area contributed by atoms with Crippen molar-refractivity contribution in [1.29, 1.82) is 0 Å². The number of furan rings is 1. The largest absolute Gasteiger partial charge is 0.507 e. The fraction of sp³-hybridized carbons (Fsp3) is 0.125. The van der Waals surface area contributed by atoms with E-state index in [1.54, 1.807) is 36.4 Å². The van der Waals surface area contributed by atoms with Crippen molar-refractivity contribution in [2.45, 2.75) is 0 Å². The number of hydrogen-bond donors (Lipinski definition) is 1. The monoisotopic (exact) mass is 432 g/mol. The first-order valence-corrected chi connectivity index (χ1v) is 9.80. The highest BCUT2D eigenvalue weighted by Crippen LogP contribution is 2.50. The van der Waals surface area contributed by atoms with Crippen LogP contribution in [0.2, 0.25) is 0 Å². The molecule has 0 bridgehead atoms. The topological polar surface area (TPSA) is 96.6 Å². The Morgan fingerprint density at radius 2 is 1.50 bits per heavy atom. The number of carbonyl (C=O) groups is 1. The summed E-state index contributed by atoms with van der Waals surface area (Å²) in [5, 5.41) is 11.6. The van der Waals surface area contributed by atoms with Gasteiger partial charge in [-0.25, -0.2) is 4.79 Å². The molecule has 0 aliphatic carbocycles. The van der Waals surface area contributed by atoms with Crippen LogP contribution in [0.1, 0.15) is 10.4 Å². The lowest BCUT2D eigenvalue weighted by Crippen LogP contribution is -2.00. The molecule has 8 heteroatoms. The van der Waals surface area contributed by atoms with Crippen LogP contribution >= 0.6 is 0 Å². The van der Waals surface area contributed by atoms with E-state index in [4.69, 9.17) is 28.1 Å². The third kappa shape index (κ3) is 2.73. The highest BCUT2D eigenvalue weighted by molar-refractivity contribution is 6.04. The summed E-state index contributed by atoms with van der Waals surface area (Å²) in [7, 11) is 1.33. The maximum Gasteiger partial charge on any atom is 0.337 e. The molecule has 0 saturated heterocycles. The molecule has 0 spiro atoms. The summed E-state index contributed by atoms with van der Waals surface area (Å²) in [6.45, 7) is 0.222. The highest BCUT2D eigenvalue weighted by atomic mass is 16.7. The molecule has 32 heavy (non-hydrogen) atoms. The van der Waals surface area contributed by atoms with E-state index >= 15 is 0 Å². The third-order valence-electron chi connectivity index (χ3n) is 5.51. The van der Waals surface area contributed by atoms with Gasteiger partial charge in [-0.15, -0.1) is 0 Å². The Labute approximate surface area is 181 Å². The lowest BCUT2D eigenvalue weighted by molar-refractivity contribution is 0.0600. The first-order chi connectivity index (χ1) is 15.6. The number of rotatable bonds is 3. The molecular weight excluding hydrogens is 416 g/mol. The zero-order valence-electron chi connectivity index (χ0n) is 16.8. The molecule has 1 aromatic heterocycles. The molecule has 2 aliphatic heterocycles. The van der Waals surface area contributed by atoms with Gasteiger partial charge in [0.05, 0.1) is 12.7 Å². The van der Waals surface area contributed by atoms with Crippen molar-refractivity contribution in [1.82, 2.24) is 0 Å². The van der Waals surface area contributed by atoms with Crippen molar-refractivity contribution >= 4 is 16.9 Å². The molecular formula is C24H16O8. The lowest BCUT2D eigenvalue weighted by atomic mass is 9.96. The molecule has 0 fully saturated rings. The number of esters is 1. The number of aromatic hydroxyl groups is 1. The first-order valence-electron chi connectivity index (χ1n) is 9.80. The lowest BCUT2D eigenvalue weighted by Gasteiger charge is -2.09. The Balaban J connectivity index is 1.60. The van der Waals surface area contributed by atoms with Gasteiger partial charge in [-0.1, -0.05) is 12.1 Å². The fourth-order valence-corrected chi connectivity index (χ4v) is 3.96. The normalized spacial score (nSPS) is 13.5. The van der Waals surface area contributed by atoms with Gasteiger partial charge in [0.25, 0.3) is 0 Å². The van der Waals surface area contributed by atoms with Gasteiger partial charge >= 0.3 is 5.97 Å². The van der Waals surface area contributed by atoms with Crippen LogP contribution < -0.4 is 18.9 Å². The van der Waals surface area contributed by atoms with E-state index in [2.05, 4.69) is 0 Å². The Kier molecular flexibility index (Phi) is 3.94. The zero-order valence-corrected chi connectivity index (χ0v) is 16.8. The van der Waals surface area contributed by atoms with Crippen LogP contribution in [-0.2, 0) is 4.74 Å². The fourth-order valence-electron chi connectivity index (χ4n) is 3.96. The van der Waals surface area contributed by atoms with Crippen LogP contribution in [0, 0.1) is 0 Å². The Hall–Kier alpha value is -4.33. The summed E-state index contributed by atoms with van der Waals surface area (Å²) in [6.07, 6.45) is 0. The minimum Gasteiger partial charge on any atom is -0.507 e. The SMILES string of the molecule is COC(=O)c1ccc(-c2oc3cc4c(cc3c2-c2cc3c(cc2O)OCO3)OCO4)cc1. The number of fused-ring (bicyclic) bond motifs is 3. The molecule has 0 radical (unpaired) electrons. The molecule has 2 aliphatic rings. The molecule has 3 heterocycles. The number of hydrogen-bond acceptors (Lipinski definition) is 8. The van der Waals surface area contributed by atoms with Crippen LogP contribution in [0.15, 0.2) is 52.9 Å². The third-order valence-corrected chi connectivity index (χ3v) is 5.51. The van der Waals surface area contributed by atoms with Gasteiger partial charge in [-0.3, -0.25) is 0 Å². The minimum absolute atomic E-state index is 0.0158. The van der Waals surface area contributed by atoms with E-state index < -0.39 is 5.97 Å². The second kappa shape index (κ2) is 6.84. The summed E-state index contributed by atoms with van der Waals surface area (Å²) in [5.41, 5.74) is 2.86. The Bertz CT molecular complexity index is 1380. The van der Waals surface area contributed by atoms with Crippen molar-refractivity contribution in [3.63, 3.8) is 0 Å². The summed E-state index contributed by atoms with van der Waals surface area (Å²) in [4.78, 5) is 11.8. The quantitative estimate of drug-likeness (QED) is 0.465. The van der Waals surface area contributed by atoms with Gasteiger partial charge in [-0.05, 0) is 24.3 Å². The van der Waals surface area contributed by atoms with Crippen molar-refractivity contribution in [2.24, 2.45) is 0 Å². The molecule has 0 amide bonds. The number of phenolic OH excluding ortho intramolecular Hbond substituents is 1. The second-order valence-corrected chi connectivity index (χ2v) is 7.30. The average Bonchev–Trinajstić information content (AvgIpc) is 3.54. The Morgan fingerprint density at radius 1 is 0.875 bits per heavy atom. The molecule has 8 nitrogen and oxygen atoms in total. The van der Waals surface area contributed by atoms with Crippen LogP contribution in [0.4, 0.5) is 0 Å². The van der Waals surface area contributed by atoms with Crippen molar-refractivity contribution in [3.05, 3.63) is 54.1 Å². The summed E-state index contributed by atoms with van der Waals surface area (Å²) < 4.78 is 32.9. The number of carbonyl (C=O) groups excluding carboxylic acids is 1. The maximum atomic E-state index is 11.8. The number of methoxy groups -OCH3 is 1. The van der Waals surface area contributed by atoms with E-state index in [1.807, 2.05) is 6.07 Å². The molecule has 6 rings (SSSR count). The van der Waals surface area contributed by atoms with Gasteiger partial charge in [0.15, 0.2) is 23.0 Å². The van der Waals surface area contributed by atoms with Crippen LogP contribution in [0.25, 0.3) is 33.4 Å². The summed E-state index contributed by atoms with van der Waals surface area (Å²) >= 11 is 0. The van der Waals surface area contributed by atoms with Gasteiger partial charge in [0.1, 0.15) is 17.1 Å². The second-order valence-electron chi connectivity index (χ2n) is 7.30. The molecule has 3 aromatic carbocycles. The highest BCUT2D eigenvalue weighted by Gasteiger charge is 2.27. The van der Waals surface area contributed by atoms with Crippen LogP contribution in [-0.4, -0.2) is 31.8 Å². The Morgan fingerprint density at radius 3 is 2.19 bits per heavy atom. The van der Waals surface area contributed by atoms with E-state index in [0.29, 0.717) is 56.6 Å². The standard InChI is InChI=1S/C24H16O8/c1-27-24(26)13-4-2-12(3-5-13)23-22(14-6-18-20(8-16(14)25)30-10-28-18)15-7-19-21(31-11-29-19)9-17(15)32-23/h2-9,25H,10-11H2,1H3. The number of ether oxygens (including phenoxy) is 5. The van der Waals surface area contributed by atoms with E-state index in [-0.39, 0.29) is 19.3 Å². The van der Waals surface area contributed by atoms with Crippen molar-refractivity contribution < 1.29 is 38.0 Å². The van der Waals surface area contributed by atoms with Gasteiger partial charge in [0, 0.05) is 34.2 Å². The van der Waals surface area contributed by atoms with E-state index in [0.717, 1.165) is 5.39 Å². The van der Waals surface area contributed by atoms with E-state index in [9.17, 15) is 9.90 Å². The molecule has 0 unspecified atom stereocenters. The molecule has 0 atom stereocenters. The summed E-state index contributed by atoms with van der Waals surface area (Å²) in [5.74, 6) is 2.27. The molecule has 160 valence electrons. The number of phenols is 1. The first kappa shape index (κ1) is 18.4. The van der Waals surface area contributed by atoms with Gasteiger partial charge in [-0.2, -0.15) is 0 Å². The minimum atomic E-state index is -0.430. The molecule has 1 N–H and O–H groups in total. The summed E-state index contributed by atoms with van der Waals surface area (Å²) in [6, 6.07) is 13.7. The van der Waals surface area contributed by atoms with Crippen molar-refractivity contribution in [2.75, 3.05) is 20.7 Å². The van der Waals surface area contributed by atoms with Crippen LogP contribution in [0.5, 0.6) is 28.7 Å². The molecule has 0 saturated carbocycles. The predicted molar refractivity (Wildman–Crippen MR) is 112 cm³/mol. The predicted octanol–water partition coefficient (Wildman–Crippen LogP) is 4.72. The average molecular weight is 432 g/mol. The molecule has 4 aromatic rings. The van der Waals surface area contributed by atoms with Crippen molar-refractivity contribution in [3.8, 4) is 51.2 Å². The smallest absolute Gasteiger partial charge is 0.337 e. The van der Waals surface area contributed by atoms with E-state index in [1.165, 1.54) is 13.2 Å². The zero-order chi connectivity index (χ0) is 21.8. The number of benzene rings is 3. The van der Waals surface area contributed by atoms with Crippen LogP contribution in [0.3, 0.4) is 0 Å². The van der Waals surface area contributed by atoms with Gasteiger partial charge < -0.3 is 33.2 Å². The maximum absolute atomic E-state index is 11.8.